The molecule has 4 heteroatoms. The Balaban J connectivity index is 1.91. The normalized spacial score (nSPS) is 19.6. The third-order valence-corrected chi connectivity index (χ3v) is 3.76. The third-order valence-electron chi connectivity index (χ3n) is 3.76. The maximum atomic E-state index is 6.11. The number of nitrogens with zero attached hydrogens (tertiary/aromatic N) is 1. The molecule has 106 valence electrons. The van der Waals surface area contributed by atoms with Gasteiger partial charge in [0.05, 0.1) is 18.0 Å². The summed E-state index contributed by atoms with van der Waals surface area (Å²) in [6.45, 7) is 9.37. The van der Waals surface area contributed by atoms with Gasteiger partial charge in [0, 0.05) is 13.1 Å². The number of likely N-dealkylation sites (tertiary alicyclic amines) is 1. The Hall–Kier alpha value is -1.42. The van der Waals surface area contributed by atoms with E-state index in [1.165, 1.54) is 19.5 Å². The molecular formula is C15H25N3O. The fourth-order valence-corrected chi connectivity index (χ4v) is 2.60. The minimum atomic E-state index is 0.641. The lowest BCUT2D eigenvalue weighted by Gasteiger charge is -2.16. The molecule has 0 saturated carbocycles. The molecule has 3 N–H and O–H groups in total. The highest BCUT2D eigenvalue weighted by Gasteiger charge is 2.20. The Labute approximate surface area is 115 Å². The monoisotopic (exact) mass is 263 g/mol. The van der Waals surface area contributed by atoms with Crippen LogP contribution in [0.25, 0.3) is 0 Å². The Morgan fingerprint density at radius 1 is 1.42 bits per heavy atom. The lowest BCUT2D eigenvalue weighted by atomic mass is 10.1. The smallest absolute Gasteiger partial charge is 0.144 e. The molecule has 0 spiro atoms. The van der Waals surface area contributed by atoms with Crippen molar-refractivity contribution >= 4 is 11.4 Å². The van der Waals surface area contributed by atoms with Crippen LogP contribution in [0, 0.1) is 5.92 Å². The van der Waals surface area contributed by atoms with E-state index in [1.54, 1.807) is 0 Å². The topological polar surface area (TPSA) is 50.5 Å². The van der Waals surface area contributed by atoms with E-state index < -0.39 is 0 Å². The number of benzene rings is 1. The van der Waals surface area contributed by atoms with Crippen molar-refractivity contribution in [2.75, 3.05) is 43.8 Å². The van der Waals surface area contributed by atoms with Gasteiger partial charge < -0.3 is 20.7 Å². The summed E-state index contributed by atoms with van der Waals surface area (Å²) in [6.07, 6.45) is 1.27. The molecule has 1 atom stereocenters. The molecule has 1 heterocycles. The number of anilines is 2. The maximum absolute atomic E-state index is 6.11. The van der Waals surface area contributed by atoms with E-state index in [-0.39, 0.29) is 0 Å². The molecule has 0 bridgehead atoms. The van der Waals surface area contributed by atoms with Crippen molar-refractivity contribution < 1.29 is 4.74 Å². The number of para-hydroxylation sites is 1. The number of hydrogen-bond donors (Lipinski definition) is 2. The molecule has 1 unspecified atom stereocenters. The van der Waals surface area contributed by atoms with Crippen molar-refractivity contribution in [3.63, 3.8) is 0 Å². The van der Waals surface area contributed by atoms with Gasteiger partial charge in [-0.25, -0.2) is 0 Å². The summed E-state index contributed by atoms with van der Waals surface area (Å²) in [4.78, 5) is 2.49. The van der Waals surface area contributed by atoms with Crippen molar-refractivity contribution in [2.45, 2.75) is 20.3 Å². The Morgan fingerprint density at radius 3 is 2.95 bits per heavy atom. The van der Waals surface area contributed by atoms with Gasteiger partial charge in [0.25, 0.3) is 0 Å². The van der Waals surface area contributed by atoms with E-state index in [0.29, 0.717) is 6.61 Å². The van der Waals surface area contributed by atoms with Crippen molar-refractivity contribution in [1.82, 2.24) is 4.90 Å². The minimum Gasteiger partial charge on any atom is -0.492 e. The van der Waals surface area contributed by atoms with Gasteiger partial charge in [-0.2, -0.15) is 0 Å². The van der Waals surface area contributed by atoms with Gasteiger partial charge in [-0.3, -0.25) is 0 Å². The molecule has 0 radical (unpaired) electrons. The molecule has 1 aliphatic rings. The second kappa shape index (κ2) is 6.66. The molecular weight excluding hydrogens is 238 g/mol. The quantitative estimate of drug-likeness (QED) is 0.774. The van der Waals surface area contributed by atoms with E-state index in [2.05, 4.69) is 17.1 Å². The van der Waals surface area contributed by atoms with Crippen LogP contribution in [-0.2, 0) is 0 Å². The minimum absolute atomic E-state index is 0.641. The van der Waals surface area contributed by atoms with Crippen molar-refractivity contribution in [3.05, 3.63) is 18.2 Å². The number of nitrogens with one attached hydrogen (secondary N) is 1. The van der Waals surface area contributed by atoms with Crippen LogP contribution in [0.1, 0.15) is 20.3 Å². The number of hydrogen-bond acceptors (Lipinski definition) is 4. The summed E-state index contributed by atoms with van der Waals surface area (Å²) in [6, 6.07) is 5.92. The predicted octanol–water partition coefficient (Wildman–Crippen LogP) is 2.42. The lowest BCUT2D eigenvalue weighted by molar-refractivity contribution is 0.342. The van der Waals surface area contributed by atoms with Crippen LogP contribution in [0.5, 0.6) is 5.75 Å². The fourth-order valence-electron chi connectivity index (χ4n) is 2.60. The standard InChI is InChI=1S/C15H25N3O/c1-3-18-9-8-12(11-18)10-17-13-6-5-7-14(15(13)16)19-4-2/h5-7,12,17H,3-4,8-11,16H2,1-2H3. The Kier molecular flexibility index (Phi) is 4.91. The van der Waals surface area contributed by atoms with Gasteiger partial charge in [0.1, 0.15) is 5.75 Å². The molecule has 2 rings (SSSR count). The molecule has 1 fully saturated rings. The zero-order valence-corrected chi connectivity index (χ0v) is 12.0. The highest BCUT2D eigenvalue weighted by Crippen LogP contribution is 2.29. The van der Waals surface area contributed by atoms with Gasteiger partial charge >= 0.3 is 0 Å². The van der Waals surface area contributed by atoms with Gasteiger partial charge in [-0.05, 0) is 44.5 Å². The third kappa shape index (κ3) is 3.53. The molecule has 1 saturated heterocycles. The maximum Gasteiger partial charge on any atom is 0.144 e. The van der Waals surface area contributed by atoms with Crippen molar-refractivity contribution in [2.24, 2.45) is 5.92 Å². The zero-order valence-electron chi connectivity index (χ0n) is 12.0. The number of rotatable bonds is 6. The molecule has 0 aromatic heterocycles. The first-order valence-corrected chi connectivity index (χ1v) is 7.22. The summed E-state index contributed by atoms with van der Waals surface area (Å²) in [7, 11) is 0. The number of nitrogens with two attached hydrogens (primary N) is 1. The number of nitrogen functional groups attached to an aromatic ring is 1. The van der Waals surface area contributed by atoms with E-state index in [0.717, 1.165) is 36.1 Å². The second-order valence-corrected chi connectivity index (χ2v) is 5.08. The van der Waals surface area contributed by atoms with Crippen molar-refractivity contribution in [3.8, 4) is 5.75 Å². The second-order valence-electron chi connectivity index (χ2n) is 5.08. The van der Waals surface area contributed by atoms with Gasteiger partial charge in [-0.1, -0.05) is 13.0 Å². The first-order chi connectivity index (χ1) is 9.24. The summed E-state index contributed by atoms with van der Waals surface area (Å²) in [5.41, 5.74) is 7.81. The molecule has 1 aromatic rings. The average Bonchev–Trinajstić information content (AvgIpc) is 2.88. The van der Waals surface area contributed by atoms with E-state index >= 15 is 0 Å². The van der Waals surface area contributed by atoms with E-state index in [4.69, 9.17) is 10.5 Å². The van der Waals surface area contributed by atoms with E-state index in [1.807, 2.05) is 25.1 Å². The summed E-state index contributed by atoms with van der Waals surface area (Å²) < 4.78 is 5.51. The molecule has 0 amide bonds. The summed E-state index contributed by atoms with van der Waals surface area (Å²) >= 11 is 0. The van der Waals surface area contributed by atoms with Crippen LogP contribution in [0.4, 0.5) is 11.4 Å². The predicted molar refractivity (Wildman–Crippen MR) is 80.7 cm³/mol. The molecule has 1 aromatic carbocycles. The molecule has 1 aliphatic heterocycles. The van der Waals surface area contributed by atoms with Crippen LogP contribution >= 0.6 is 0 Å². The molecule has 0 aliphatic carbocycles. The number of ether oxygens (including phenoxy) is 1. The van der Waals surface area contributed by atoms with Crippen LogP contribution in [0.15, 0.2) is 18.2 Å². The SMILES string of the molecule is CCOc1cccc(NCC2CCN(CC)C2)c1N. The Bertz CT molecular complexity index is 408. The first kappa shape index (κ1) is 14.0. The van der Waals surface area contributed by atoms with Crippen LogP contribution in [0.2, 0.25) is 0 Å². The zero-order chi connectivity index (χ0) is 13.7. The fraction of sp³-hybridized carbons (Fsp3) is 0.600. The Morgan fingerprint density at radius 2 is 2.26 bits per heavy atom. The van der Waals surface area contributed by atoms with Gasteiger partial charge in [0.15, 0.2) is 0 Å². The lowest BCUT2D eigenvalue weighted by Crippen LogP contribution is -2.22. The van der Waals surface area contributed by atoms with Crippen LogP contribution < -0.4 is 15.8 Å². The highest BCUT2D eigenvalue weighted by molar-refractivity contribution is 5.72. The highest BCUT2D eigenvalue weighted by atomic mass is 16.5. The summed E-state index contributed by atoms with van der Waals surface area (Å²) in [5, 5.41) is 3.47. The van der Waals surface area contributed by atoms with Gasteiger partial charge in [-0.15, -0.1) is 0 Å². The molecule has 4 nitrogen and oxygen atoms in total. The van der Waals surface area contributed by atoms with E-state index in [9.17, 15) is 0 Å². The van der Waals surface area contributed by atoms with Crippen LogP contribution in [0.3, 0.4) is 0 Å². The average molecular weight is 263 g/mol. The largest absolute Gasteiger partial charge is 0.492 e. The first-order valence-electron chi connectivity index (χ1n) is 7.22. The summed E-state index contributed by atoms with van der Waals surface area (Å²) in [5.74, 6) is 1.49. The van der Waals surface area contributed by atoms with Crippen LogP contribution in [-0.4, -0.2) is 37.7 Å². The van der Waals surface area contributed by atoms with Crippen molar-refractivity contribution in [1.29, 1.82) is 0 Å². The van der Waals surface area contributed by atoms with Gasteiger partial charge in [0.2, 0.25) is 0 Å². The molecule has 19 heavy (non-hydrogen) atoms.